The lowest BCUT2D eigenvalue weighted by atomic mass is 10.0. The van der Waals surface area contributed by atoms with Gasteiger partial charge in [-0.15, -0.1) is 0 Å². The molecule has 0 aromatic heterocycles. The molecule has 92 valence electrons. The number of carbonyl (C=O) groups excluding carboxylic acids is 1. The zero-order valence-corrected chi connectivity index (χ0v) is 9.74. The van der Waals surface area contributed by atoms with E-state index < -0.39 is 11.8 Å². The van der Waals surface area contributed by atoms with E-state index in [-0.39, 0.29) is 5.56 Å². The number of carbonyl (C=O) groups is 2. The quantitative estimate of drug-likeness (QED) is 0.791. The van der Waals surface area contributed by atoms with E-state index in [1.807, 2.05) is 0 Å². The molecule has 1 amide bonds. The molecular formula is C12H14FNO3. The SMILES string of the molecule is Cc1cc(C(=O)O)cc(CCN(C)C=O)c1F. The summed E-state index contributed by atoms with van der Waals surface area (Å²) in [4.78, 5) is 22.6. The zero-order chi connectivity index (χ0) is 13.0. The van der Waals surface area contributed by atoms with Crippen molar-refractivity contribution in [3.05, 3.63) is 34.6 Å². The molecule has 17 heavy (non-hydrogen) atoms. The number of carboxylic acid groups (broad SMARTS) is 1. The van der Waals surface area contributed by atoms with Gasteiger partial charge in [-0.1, -0.05) is 0 Å². The summed E-state index contributed by atoms with van der Waals surface area (Å²) in [6.45, 7) is 1.87. The highest BCUT2D eigenvalue weighted by molar-refractivity contribution is 5.88. The molecule has 0 heterocycles. The first-order chi connectivity index (χ1) is 7.95. The van der Waals surface area contributed by atoms with Crippen molar-refractivity contribution in [3.63, 3.8) is 0 Å². The Morgan fingerprint density at radius 1 is 1.53 bits per heavy atom. The van der Waals surface area contributed by atoms with Gasteiger partial charge in [0.15, 0.2) is 0 Å². The minimum absolute atomic E-state index is 0.0626. The number of benzene rings is 1. The van der Waals surface area contributed by atoms with E-state index in [0.717, 1.165) is 0 Å². The van der Waals surface area contributed by atoms with E-state index in [2.05, 4.69) is 0 Å². The Kier molecular flexibility index (Phi) is 4.20. The van der Waals surface area contributed by atoms with Gasteiger partial charge in [0.05, 0.1) is 5.56 Å². The summed E-state index contributed by atoms with van der Waals surface area (Å²) in [6, 6.07) is 2.61. The van der Waals surface area contributed by atoms with Crippen LogP contribution < -0.4 is 0 Å². The van der Waals surface area contributed by atoms with Crippen LogP contribution in [-0.4, -0.2) is 36.0 Å². The van der Waals surface area contributed by atoms with Crippen LogP contribution in [0.25, 0.3) is 0 Å². The molecule has 0 aliphatic heterocycles. The zero-order valence-electron chi connectivity index (χ0n) is 9.74. The second kappa shape index (κ2) is 5.43. The van der Waals surface area contributed by atoms with Crippen molar-refractivity contribution in [2.45, 2.75) is 13.3 Å². The minimum Gasteiger partial charge on any atom is -0.478 e. The van der Waals surface area contributed by atoms with Crippen LogP contribution in [0.15, 0.2) is 12.1 Å². The average Bonchev–Trinajstić information content (AvgIpc) is 2.30. The Bertz CT molecular complexity index is 446. The molecule has 1 N–H and O–H groups in total. The van der Waals surface area contributed by atoms with Gasteiger partial charge in [0.1, 0.15) is 5.82 Å². The lowest BCUT2D eigenvalue weighted by Crippen LogP contribution is -2.19. The molecule has 5 heteroatoms. The Balaban J connectivity index is 2.97. The molecule has 0 radical (unpaired) electrons. The molecule has 0 bridgehead atoms. The monoisotopic (exact) mass is 239 g/mol. The first kappa shape index (κ1) is 13.2. The van der Waals surface area contributed by atoms with Crippen LogP contribution in [0.4, 0.5) is 4.39 Å². The van der Waals surface area contributed by atoms with Gasteiger partial charge in [-0.25, -0.2) is 9.18 Å². The Hall–Kier alpha value is -1.91. The predicted molar refractivity (Wildman–Crippen MR) is 60.5 cm³/mol. The lowest BCUT2D eigenvalue weighted by molar-refractivity contribution is -0.116. The second-order valence-corrected chi connectivity index (χ2v) is 3.91. The summed E-state index contributed by atoms with van der Waals surface area (Å²) in [5, 5.41) is 8.86. The number of amides is 1. The van der Waals surface area contributed by atoms with Gasteiger partial charge in [0.25, 0.3) is 0 Å². The second-order valence-electron chi connectivity index (χ2n) is 3.91. The first-order valence-electron chi connectivity index (χ1n) is 5.13. The van der Waals surface area contributed by atoms with Gasteiger partial charge in [-0.05, 0) is 36.6 Å². The van der Waals surface area contributed by atoms with Crippen molar-refractivity contribution < 1.29 is 19.1 Å². The number of rotatable bonds is 5. The highest BCUT2D eigenvalue weighted by atomic mass is 19.1. The smallest absolute Gasteiger partial charge is 0.335 e. The number of aryl methyl sites for hydroxylation is 1. The predicted octanol–water partition coefficient (Wildman–Crippen LogP) is 1.46. The van der Waals surface area contributed by atoms with Gasteiger partial charge in [0, 0.05) is 13.6 Å². The lowest BCUT2D eigenvalue weighted by Gasteiger charge is -2.12. The Labute approximate surface area is 98.7 Å². The van der Waals surface area contributed by atoms with Crippen LogP contribution in [0.3, 0.4) is 0 Å². The third-order valence-corrected chi connectivity index (χ3v) is 2.49. The van der Waals surface area contributed by atoms with Crippen molar-refractivity contribution in [1.82, 2.24) is 4.90 Å². The van der Waals surface area contributed by atoms with Crippen molar-refractivity contribution in [3.8, 4) is 0 Å². The standard InChI is InChI=1S/C12H14FNO3/c1-8-5-10(12(16)17)6-9(11(8)13)3-4-14(2)7-15/h5-7H,3-4H2,1-2H3,(H,16,17). The largest absolute Gasteiger partial charge is 0.478 e. The number of hydrogen-bond acceptors (Lipinski definition) is 2. The molecule has 0 saturated heterocycles. The third kappa shape index (κ3) is 3.27. The number of hydrogen-bond donors (Lipinski definition) is 1. The van der Waals surface area contributed by atoms with E-state index in [9.17, 15) is 14.0 Å². The molecule has 0 saturated carbocycles. The molecule has 0 aliphatic rings. The summed E-state index contributed by atoms with van der Waals surface area (Å²) in [5.74, 6) is -1.49. The van der Waals surface area contributed by atoms with Crippen molar-refractivity contribution in [2.75, 3.05) is 13.6 Å². The van der Waals surface area contributed by atoms with Crippen LogP contribution in [0.2, 0.25) is 0 Å². The maximum atomic E-state index is 13.7. The Morgan fingerprint density at radius 3 is 2.71 bits per heavy atom. The van der Waals surface area contributed by atoms with Crippen LogP contribution in [0.5, 0.6) is 0 Å². The number of nitrogens with zero attached hydrogens (tertiary/aromatic N) is 1. The molecule has 0 spiro atoms. The molecule has 1 aromatic rings. The highest BCUT2D eigenvalue weighted by Crippen LogP contribution is 2.16. The molecular weight excluding hydrogens is 225 g/mol. The number of aromatic carboxylic acids is 1. The van der Waals surface area contributed by atoms with Gasteiger partial charge in [-0.3, -0.25) is 4.79 Å². The van der Waals surface area contributed by atoms with E-state index >= 15 is 0 Å². The summed E-state index contributed by atoms with van der Waals surface area (Å²) in [6.07, 6.45) is 0.939. The molecule has 0 atom stereocenters. The first-order valence-corrected chi connectivity index (χ1v) is 5.13. The topological polar surface area (TPSA) is 57.6 Å². The number of carboxylic acids is 1. The summed E-state index contributed by atoms with van der Waals surface area (Å²) < 4.78 is 13.7. The van der Waals surface area contributed by atoms with E-state index in [4.69, 9.17) is 5.11 Å². The molecule has 1 aromatic carbocycles. The molecule has 4 nitrogen and oxygen atoms in total. The summed E-state index contributed by atoms with van der Waals surface area (Å²) in [7, 11) is 1.58. The fraction of sp³-hybridized carbons (Fsp3) is 0.333. The summed E-state index contributed by atoms with van der Waals surface area (Å²) >= 11 is 0. The maximum absolute atomic E-state index is 13.7. The maximum Gasteiger partial charge on any atom is 0.335 e. The molecule has 0 unspecified atom stereocenters. The fourth-order valence-corrected chi connectivity index (χ4v) is 1.50. The normalized spacial score (nSPS) is 10.1. The van der Waals surface area contributed by atoms with Gasteiger partial charge in [-0.2, -0.15) is 0 Å². The van der Waals surface area contributed by atoms with E-state index in [1.54, 1.807) is 7.05 Å². The fourth-order valence-electron chi connectivity index (χ4n) is 1.50. The van der Waals surface area contributed by atoms with Gasteiger partial charge in [0.2, 0.25) is 6.41 Å². The Morgan fingerprint density at radius 2 is 2.18 bits per heavy atom. The minimum atomic E-state index is -1.09. The van der Waals surface area contributed by atoms with Crippen molar-refractivity contribution >= 4 is 12.4 Å². The third-order valence-electron chi connectivity index (χ3n) is 2.49. The number of likely N-dealkylation sites (N-methyl/N-ethyl adjacent to an activating group) is 1. The van der Waals surface area contributed by atoms with Gasteiger partial charge >= 0.3 is 5.97 Å². The van der Waals surface area contributed by atoms with E-state index in [1.165, 1.54) is 24.0 Å². The molecule has 0 fully saturated rings. The summed E-state index contributed by atoms with van der Waals surface area (Å²) in [5.41, 5.74) is 0.678. The molecule has 1 rings (SSSR count). The van der Waals surface area contributed by atoms with Crippen LogP contribution in [0.1, 0.15) is 21.5 Å². The van der Waals surface area contributed by atoms with E-state index in [0.29, 0.717) is 30.5 Å². The number of halogens is 1. The van der Waals surface area contributed by atoms with Crippen molar-refractivity contribution in [1.29, 1.82) is 0 Å². The highest BCUT2D eigenvalue weighted by Gasteiger charge is 2.12. The van der Waals surface area contributed by atoms with Gasteiger partial charge < -0.3 is 10.0 Å². The van der Waals surface area contributed by atoms with Crippen LogP contribution >= 0.6 is 0 Å². The average molecular weight is 239 g/mol. The van der Waals surface area contributed by atoms with Crippen LogP contribution in [-0.2, 0) is 11.2 Å². The molecule has 0 aliphatic carbocycles. The van der Waals surface area contributed by atoms with Crippen LogP contribution in [0, 0.1) is 12.7 Å². The van der Waals surface area contributed by atoms with Crippen molar-refractivity contribution in [2.24, 2.45) is 0 Å².